The summed E-state index contributed by atoms with van der Waals surface area (Å²) in [4.78, 5) is 13.7. The van der Waals surface area contributed by atoms with Crippen LogP contribution in [0, 0.1) is 11.6 Å². The first-order valence-electron chi connectivity index (χ1n) is 6.23. The van der Waals surface area contributed by atoms with Crippen LogP contribution >= 0.6 is 15.9 Å². The van der Waals surface area contributed by atoms with Gasteiger partial charge in [-0.1, -0.05) is 15.9 Å². The maximum atomic E-state index is 13.8. The highest BCUT2D eigenvalue weighted by molar-refractivity contribution is 9.10. The van der Waals surface area contributed by atoms with Crippen LogP contribution in [0.3, 0.4) is 0 Å². The minimum absolute atomic E-state index is 0.167. The molecule has 2 rings (SSSR count). The number of hydrogen-bond donors (Lipinski definition) is 1. The van der Waals surface area contributed by atoms with Gasteiger partial charge in [-0.2, -0.15) is 0 Å². The van der Waals surface area contributed by atoms with Crippen molar-refractivity contribution in [1.29, 1.82) is 0 Å². The quantitative estimate of drug-likeness (QED) is 0.905. The number of nitrogens with one attached hydrogen (secondary N) is 1. The van der Waals surface area contributed by atoms with Gasteiger partial charge in [-0.25, -0.2) is 8.78 Å². The molecule has 1 heterocycles. The fraction of sp³-hybridized carbons (Fsp3) is 0.462. The summed E-state index contributed by atoms with van der Waals surface area (Å²) in [7, 11) is 1.78. The summed E-state index contributed by atoms with van der Waals surface area (Å²) in [5.74, 6) is -2.37. The smallest absolute Gasteiger partial charge is 0.259 e. The van der Waals surface area contributed by atoms with Crippen LogP contribution in [0.4, 0.5) is 8.78 Å². The Hall–Kier alpha value is -1.05. The molecule has 1 aliphatic rings. The number of ether oxygens (including phenoxy) is 1. The van der Waals surface area contributed by atoms with Gasteiger partial charge in [0.25, 0.3) is 5.91 Å². The predicted molar refractivity (Wildman–Crippen MR) is 73.6 cm³/mol. The van der Waals surface area contributed by atoms with E-state index < -0.39 is 23.1 Å². The summed E-state index contributed by atoms with van der Waals surface area (Å²) in [5, 5.41) is 2.95. The molecular formula is C13H15BrF2N2O2. The van der Waals surface area contributed by atoms with Crippen molar-refractivity contribution in [1.82, 2.24) is 10.2 Å². The fourth-order valence-corrected chi connectivity index (χ4v) is 2.56. The van der Waals surface area contributed by atoms with Gasteiger partial charge in [0.1, 0.15) is 17.2 Å². The lowest BCUT2D eigenvalue weighted by Gasteiger charge is -2.33. The highest BCUT2D eigenvalue weighted by atomic mass is 79.9. The molecule has 1 unspecified atom stereocenters. The van der Waals surface area contributed by atoms with Gasteiger partial charge in [0.05, 0.1) is 12.7 Å². The number of halogens is 3. The molecule has 0 spiro atoms. The van der Waals surface area contributed by atoms with Crippen LogP contribution in [0.15, 0.2) is 16.6 Å². The normalized spacial score (nSPS) is 19.2. The van der Waals surface area contributed by atoms with E-state index in [2.05, 4.69) is 21.2 Å². The van der Waals surface area contributed by atoms with Crippen LogP contribution < -0.4 is 5.32 Å². The van der Waals surface area contributed by atoms with Gasteiger partial charge in [-0.15, -0.1) is 0 Å². The molecule has 1 atom stereocenters. The van der Waals surface area contributed by atoms with E-state index in [1.54, 1.807) is 7.05 Å². The third-order valence-corrected chi connectivity index (χ3v) is 3.54. The Morgan fingerprint density at radius 3 is 2.75 bits per heavy atom. The molecule has 0 aliphatic carbocycles. The number of nitrogens with zero attached hydrogens (tertiary/aromatic N) is 1. The number of likely N-dealkylation sites (N-methyl/N-ethyl adjacent to an activating group) is 1. The number of benzene rings is 1. The van der Waals surface area contributed by atoms with Gasteiger partial charge < -0.3 is 15.0 Å². The van der Waals surface area contributed by atoms with Gasteiger partial charge in [0.15, 0.2) is 0 Å². The van der Waals surface area contributed by atoms with Crippen molar-refractivity contribution in [3.63, 3.8) is 0 Å². The second-order valence-corrected chi connectivity index (χ2v) is 5.46. The van der Waals surface area contributed by atoms with E-state index in [1.165, 1.54) is 4.90 Å². The molecule has 0 aromatic heterocycles. The van der Waals surface area contributed by atoms with E-state index in [1.807, 2.05) is 0 Å². The Balaban J connectivity index is 2.19. The first-order chi connectivity index (χ1) is 9.52. The fourth-order valence-electron chi connectivity index (χ4n) is 2.16. The SMILES string of the molecule is CNCC1CN(C(=O)c2c(F)cc(Br)cc2F)CCO1. The average Bonchev–Trinajstić information content (AvgIpc) is 2.38. The summed E-state index contributed by atoms with van der Waals surface area (Å²) in [5.41, 5.74) is -0.515. The average molecular weight is 349 g/mol. The molecule has 1 aliphatic heterocycles. The molecule has 1 fully saturated rings. The van der Waals surface area contributed by atoms with E-state index in [-0.39, 0.29) is 10.6 Å². The molecule has 4 nitrogen and oxygen atoms in total. The van der Waals surface area contributed by atoms with Gasteiger partial charge in [0.2, 0.25) is 0 Å². The molecule has 1 aromatic rings. The molecule has 20 heavy (non-hydrogen) atoms. The zero-order valence-electron chi connectivity index (χ0n) is 11.0. The van der Waals surface area contributed by atoms with Gasteiger partial charge in [0, 0.05) is 24.1 Å². The topological polar surface area (TPSA) is 41.6 Å². The summed E-state index contributed by atoms with van der Waals surface area (Å²) in [6, 6.07) is 2.17. The molecule has 1 saturated heterocycles. The van der Waals surface area contributed by atoms with Crippen molar-refractivity contribution in [3.8, 4) is 0 Å². The minimum atomic E-state index is -0.862. The Kier molecular flexibility index (Phi) is 5.06. The van der Waals surface area contributed by atoms with E-state index >= 15 is 0 Å². The molecule has 1 N–H and O–H groups in total. The van der Waals surface area contributed by atoms with Crippen molar-refractivity contribution in [2.75, 3.05) is 33.3 Å². The Morgan fingerprint density at radius 2 is 2.15 bits per heavy atom. The van der Waals surface area contributed by atoms with E-state index in [4.69, 9.17) is 4.74 Å². The third kappa shape index (κ3) is 3.34. The molecule has 0 bridgehead atoms. The van der Waals surface area contributed by atoms with Gasteiger partial charge in [-0.05, 0) is 19.2 Å². The number of carbonyl (C=O) groups excluding carboxylic acids is 1. The second kappa shape index (κ2) is 6.60. The summed E-state index contributed by atoms with van der Waals surface area (Å²) >= 11 is 2.99. The zero-order valence-corrected chi connectivity index (χ0v) is 12.5. The van der Waals surface area contributed by atoms with Crippen molar-refractivity contribution in [3.05, 3.63) is 33.8 Å². The number of hydrogen-bond acceptors (Lipinski definition) is 3. The number of amides is 1. The van der Waals surface area contributed by atoms with E-state index in [0.29, 0.717) is 26.2 Å². The van der Waals surface area contributed by atoms with Crippen molar-refractivity contribution >= 4 is 21.8 Å². The summed E-state index contributed by atoms with van der Waals surface area (Å²) in [6.07, 6.45) is -0.167. The van der Waals surface area contributed by atoms with E-state index in [0.717, 1.165) is 12.1 Å². The number of carbonyl (C=O) groups is 1. The van der Waals surface area contributed by atoms with Crippen LogP contribution in [0.2, 0.25) is 0 Å². The number of morpholine rings is 1. The summed E-state index contributed by atoms with van der Waals surface area (Å²) < 4.78 is 33.3. The van der Waals surface area contributed by atoms with Crippen LogP contribution in [-0.2, 0) is 4.74 Å². The summed E-state index contributed by atoms with van der Waals surface area (Å²) in [6.45, 7) is 1.58. The van der Waals surface area contributed by atoms with Gasteiger partial charge in [-0.3, -0.25) is 4.79 Å². The lowest BCUT2D eigenvalue weighted by molar-refractivity contribution is -0.0199. The van der Waals surface area contributed by atoms with Crippen LogP contribution in [-0.4, -0.2) is 50.2 Å². The van der Waals surface area contributed by atoms with Crippen LogP contribution in [0.25, 0.3) is 0 Å². The second-order valence-electron chi connectivity index (χ2n) is 4.55. The molecule has 0 radical (unpaired) electrons. The molecule has 110 valence electrons. The highest BCUT2D eigenvalue weighted by Gasteiger charge is 2.28. The molecular weight excluding hydrogens is 334 g/mol. The highest BCUT2D eigenvalue weighted by Crippen LogP contribution is 2.21. The first-order valence-corrected chi connectivity index (χ1v) is 7.02. The lowest BCUT2D eigenvalue weighted by atomic mass is 10.1. The van der Waals surface area contributed by atoms with Crippen molar-refractivity contribution in [2.45, 2.75) is 6.10 Å². The molecule has 1 amide bonds. The van der Waals surface area contributed by atoms with Crippen LogP contribution in [0.1, 0.15) is 10.4 Å². The van der Waals surface area contributed by atoms with E-state index in [9.17, 15) is 13.6 Å². The maximum absolute atomic E-state index is 13.8. The Labute approximate surface area is 124 Å². The predicted octanol–water partition coefficient (Wildman–Crippen LogP) is 1.79. The lowest BCUT2D eigenvalue weighted by Crippen LogP contribution is -2.48. The maximum Gasteiger partial charge on any atom is 0.259 e. The van der Waals surface area contributed by atoms with Crippen molar-refractivity contribution in [2.24, 2.45) is 0 Å². The molecule has 7 heteroatoms. The van der Waals surface area contributed by atoms with Gasteiger partial charge >= 0.3 is 0 Å². The zero-order chi connectivity index (χ0) is 14.7. The largest absolute Gasteiger partial charge is 0.373 e. The monoisotopic (exact) mass is 348 g/mol. The minimum Gasteiger partial charge on any atom is -0.373 e. The number of rotatable bonds is 3. The standard InChI is InChI=1S/C13H15BrF2N2O2/c1-17-6-9-7-18(2-3-20-9)13(19)12-10(15)4-8(14)5-11(12)16/h4-5,9,17H,2-3,6-7H2,1H3. The molecule has 0 saturated carbocycles. The van der Waals surface area contributed by atoms with Crippen LogP contribution in [0.5, 0.6) is 0 Å². The third-order valence-electron chi connectivity index (χ3n) is 3.08. The Morgan fingerprint density at radius 1 is 1.50 bits per heavy atom. The first kappa shape index (κ1) is 15.3. The molecule has 1 aromatic carbocycles. The van der Waals surface area contributed by atoms with Crippen molar-refractivity contribution < 1.29 is 18.3 Å². The Bertz CT molecular complexity index is 488.